The van der Waals surface area contributed by atoms with E-state index in [1.165, 1.54) is 25.7 Å². The zero-order valence-electron chi connectivity index (χ0n) is 21.9. The van der Waals surface area contributed by atoms with Gasteiger partial charge in [-0.15, -0.1) is 0 Å². The lowest BCUT2D eigenvalue weighted by Crippen LogP contribution is -2.59. The summed E-state index contributed by atoms with van der Waals surface area (Å²) in [5.41, 5.74) is 0.252. The van der Waals surface area contributed by atoms with Crippen LogP contribution in [0.4, 0.5) is 0 Å². The van der Waals surface area contributed by atoms with E-state index in [4.69, 9.17) is 0 Å². The number of fused-ring (bicyclic) bond motifs is 5. The van der Waals surface area contributed by atoms with Crippen molar-refractivity contribution in [3.63, 3.8) is 0 Å². The maximum absolute atomic E-state index is 11.5. The third-order valence-electron chi connectivity index (χ3n) is 11.8. The zero-order chi connectivity index (χ0) is 24.1. The van der Waals surface area contributed by atoms with E-state index in [1.54, 1.807) is 0 Å². The molecule has 0 aromatic heterocycles. The van der Waals surface area contributed by atoms with Gasteiger partial charge in [0.25, 0.3) is 0 Å². The fraction of sp³-hybridized carbons (Fsp3) is 1.00. The van der Waals surface area contributed by atoms with Crippen molar-refractivity contribution in [3.8, 4) is 0 Å². The van der Waals surface area contributed by atoms with Crippen LogP contribution in [0, 0.1) is 58.2 Å². The fourth-order valence-corrected chi connectivity index (χ4v) is 9.93. The zero-order valence-corrected chi connectivity index (χ0v) is 21.9. The summed E-state index contributed by atoms with van der Waals surface area (Å²) in [7, 11) is 0. The van der Waals surface area contributed by atoms with Crippen LogP contribution in [0.2, 0.25) is 0 Å². The molecule has 4 nitrogen and oxygen atoms in total. The summed E-state index contributed by atoms with van der Waals surface area (Å²) < 4.78 is 0. The van der Waals surface area contributed by atoms with Crippen LogP contribution in [-0.4, -0.2) is 45.3 Å². The molecule has 4 N–H and O–H groups in total. The smallest absolute Gasteiger partial charge is 0.0579 e. The van der Waals surface area contributed by atoms with E-state index >= 15 is 0 Å². The summed E-state index contributed by atoms with van der Waals surface area (Å²) in [5, 5.41) is 42.4. The highest BCUT2D eigenvalue weighted by molar-refractivity contribution is 5.13. The Morgan fingerprint density at radius 2 is 1.48 bits per heavy atom. The number of aliphatic hydroxyl groups is 4. The average Bonchev–Trinajstić information content (AvgIpc) is 3.03. The molecule has 192 valence electrons. The first-order valence-electron chi connectivity index (χ1n) is 14.2. The van der Waals surface area contributed by atoms with Crippen LogP contribution in [0.3, 0.4) is 0 Å². The largest absolute Gasteiger partial charge is 0.396 e. The average molecular weight is 465 g/mol. The Bertz CT molecular complexity index is 666. The fourth-order valence-electron chi connectivity index (χ4n) is 9.93. The predicted molar refractivity (Wildman–Crippen MR) is 132 cm³/mol. The number of rotatable bonds is 7. The monoisotopic (exact) mass is 464 g/mol. The first-order valence-corrected chi connectivity index (χ1v) is 14.2. The Morgan fingerprint density at radius 1 is 0.788 bits per heavy atom. The summed E-state index contributed by atoms with van der Waals surface area (Å²) in [6.07, 6.45) is 9.12. The predicted octanol–water partition coefficient (Wildman–Crippen LogP) is 5.02. The van der Waals surface area contributed by atoms with Crippen molar-refractivity contribution < 1.29 is 20.4 Å². The second-order valence-corrected chi connectivity index (χ2v) is 13.7. The topological polar surface area (TPSA) is 80.9 Å². The molecular formula is C29H52O4. The van der Waals surface area contributed by atoms with Gasteiger partial charge in [-0.05, 0) is 116 Å². The van der Waals surface area contributed by atoms with E-state index in [9.17, 15) is 20.4 Å². The minimum Gasteiger partial charge on any atom is -0.396 e. The number of aliphatic hydroxyl groups excluding tert-OH is 4. The Kier molecular flexibility index (Phi) is 7.63. The van der Waals surface area contributed by atoms with Crippen LogP contribution in [0.15, 0.2) is 0 Å². The maximum Gasteiger partial charge on any atom is 0.0579 e. The van der Waals surface area contributed by atoms with Crippen molar-refractivity contribution in [3.05, 3.63) is 0 Å². The molecule has 33 heavy (non-hydrogen) atoms. The molecule has 4 saturated carbocycles. The maximum atomic E-state index is 11.5. The number of hydrogen-bond donors (Lipinski definition) is 4. The van der Waals surface area contributed by atoms with Crippen LogP contribution in [0.5, 0.6) is 0 Å². The Balaban J connectivity index is 1.51. The van der Waals surface area contributed by atoms with Crippen LogP contribution >= 0.6 is 0 Å². The molecule has 4 aliphatic carbocycles. The van der Waals surface area contributed by atoms with E-state index in [0.29, 0.717) is 41.4 Å². The van der Waals surface area contributed by atoms with E-state index in [2.05, 4.69) is 34.6 Å². The van der Waals surface area contributed by atoms with E-state index < -0.39 is 0 Å². The molecule has 0 spiro atoms. The van der Waals surface area contributed by atoms with E-state index in [0.717, 1.165) is 38.5 Å². The van der Waals surface area contributed by atoms with Gasteiger partial charge in [0.1, 0.15) is 0 Å². The lowest BCUT2D eigenvalue weighted by molar-refractivity contribution is -0.181. The van der Waals surface area contributed by atoms with Crippen LogP contribution in [0.1, 0.15) is 98.8 Å². The van der Waals surface area contributed by atoms with Crippen molar-refractivity contribution in [2.45, 2.75) is 117 Å². The molecule has 0 aliphatic heterocycles. The second-order valence-electron chi connectivity index (χ2n) is 13.7. The standard InChI is InChI=1S/C29H52O4/c1-17(2)19(10-13-30)7-6-18(3)23-16-26(33)27-21-15-25(32)24-14-20(31)8-11-28(24,4)22(21)9-12-29(23,27)5/h17-27,30-33H,6-16H2,1-5H3/t18-,19-,20+,21-,22+,23-,24-,25-,26+,27-,28-,29-/m1/s1. The third-order valence-corrected chi connectivity index (χ3v) is 11.8. The van der Waals surface area contributed by atoms with Crippen LogP contribution < -0.4 is 0 Å². The SMILES string of the molecule is CC(C)[C@@H](CCO)CC[C@@H](C)[C@H]1C[C@H](O)[C@H]2[C@@H]3C[C@@H](O)[C@H]4C[C@@H](O)CC[C@]4(C)[C@H]3CC[C@@]21C. The quantitative estimate of drug-likeness (QED) is 0.426. The minimum atomic E-state index is -0.345. The summed E-state index contributed by atoms with van der Waals surface area (Å²) in [5.74, 6) is 3.76. The molecule has 0 amide bonds. The normalized spacial score (nSPS) is 49.3. The molecule has 0 bridgehead atoms. The Labute approximate surface area is 202 Å². The van der Waals surface area contributed by atoms with E-state index in [-0.39, 0.29) is 41.7 Å². The van der Waals surface area contributed by atoms with Gasteiger partial charge < -0.3 is 20.4 Å². The highest BCUT2D eigenvalue weighted by Gasteiger charge is 2.64. The van der Waals surface area contributed by atoms with Gasteiger partial charge in [0.05, 0.1) is 18.3 Å². The van der Waals surface area contributed by atoms with Crippen molar-refractivity contribution in [1.29, 1.82) is 0 Å². The van der Waals surface area contributed by atoms with E-state index in [1.807, 2.05) is 0 Å². The van der Waals surface area contributed by atoms with Gasteiger partial charge in [0, 0.05) is 6.61 Å². The van der Waals surface area contributed by atoms with Gasteiger partial charge in [-0.25, -0.2) is 0 Å². The lowest BCUT2D eigenvalue weighted by atomic mass is 9.43. The summed E-state index contributed by atoms with van der Waals surface area (Å²) in [4.78, 5) is 0. The highest BCUT2D eigenvalue weighted by atomic mass is 16.3. The van der Waals surface area contributed by atoms with Crippen molar-refractivity contribution >= 4 is 0 Å². The van der Waals surface area contributed by atoms with Gasteiger partial charge in [-0.1, -0.05) is 41.0 Å². The van der Waals surface area contributed by atoms with Crippen molar-refractivity contribution in [2.75, 3.05) is 6.61 Å². The highest BCUT2D eigenvalue weighted by Crippen LogP contribution is 2.68. The molecule has 0 aromatic rings. The second kappa shape index (κ2) is 9.71. The molecule has 0 saturated heterocycles. The molecule has 0 radical (unpaired) electrons. The molecule has 0 aromatic carbocycles. The molecular weight excluding hydrogens is 412 g/mol. The van der Waals surface area contributed by atoms with Gasteiger partial charge in [0.15, 0.2) is 0 Å². The molecule has 4 fully saturated rings. The molecule has 4 aliphatic rings. The molecule has 4 rings (SSSR count). The van der Waals surface area contributed by atoms with Crippen molar-refractivity contribution in [1.82, 2.24) is 0 Å². The third kappa shape index (κ3) is 4.45. The van der Waals surface area contributed by atoms with Crippen molar-refractivity contribution in [2.24, 2.45) is 58.2 Å². The first-order chi connectivity index (χ1) is 15.5. The summed E-state index contributed by atoms with van der Waals surface area (Å²) in [6, 6.07) is 0. The summed E-state index contributed by atoms with van der Waals surface area (Å²) in [6.45, 7) is 12.1. The summed E-state index contributed by atoms with van der Waals surface area (Å²) >= 11 is 0. The Hall–Kier alpha value is -0.160. The Morgan fingerprint density at radius 3 is 2.15 bits per heavy atom. The van der Waals surface area contributed by atoms with Crippen LogP contribution in [0.25, 0.3) is 0 Å². The molecule has 0 heterocycles. The minimum absolute atomic E-state index is 0.0983. The van der Waals surface area contributed by atoms with Crippen LogP contribution in [-0.2, 0) is 0 Å². The lowest BCUT2D eigenvalue weighted by Gasteiger charge is -2.62. The van der Waals surface area contributed by atoms with Gasteiger partial charge in [-0.2, -0.15) is 0 Å². The molecule has 0 unspecified atom stereocenters. The van der Waals surface area contributed by atoms with Gasteiger partial charge in [0.2, 0.25) is 0 Å². The molecule has 4 heteroatoms. The van der Waals surface area contributed by atoms with Gasteiger partial charge in [-0.3, -0.25) is 0 Å². The molecule has 12 atom stereocenters. The number of hydrogen-bond acceptors (Lipinski definition) is 4. The first kappa shape index (κ1) is 25.9. The van der Waals surface area contributed by atoms with Gasteiger partial charge >= 0.3 is 0 Å².